The monoisotopic (exact) mass is 328 g/mol. The van der Waals surface area contributed by atoms with Crippen molar-refractivity contribution in [2.45, 2.75) is 45.1 Å². The van der Waals surface area contributed by atoms with Crippen molar-refractivity contribution in [3.63, 3.8) is 0 Å². The van der Waals surface area contributed by atoms with E-state index in [-0.39, 0.29) is 12.5 Å². The molecular formula is C14H21BrN2O2. The number of carbonyl (C=O) groups excluding carboxylic acids is 1. The summed E-state index contributed by atoms with van der Waals surface area (Å²) >= 11 is 3.24. The molecule has 0 aliphatic rings. The Morgan fingerprint density at radius 2 is 2.05 bits per heavy atom. The van der Waals surface area contributed by atoms with E-state index in [1.165, 1.54) is 0 Å². The molecule has 0 radical (unpaired) electrons. The van der Waals surface area contributed by atoms with Crippen molar-refractivity contribution in [2.75, 3.05) is 6.54 Å². The highest BCUT2D eigenvalue weighted by Gasteiger charge is 2.25. The van der Waals surface area contributed by atoms with Crippen LogP contribution in [0.15, 0.2) is 22.9 Å². The molecule has 0 aromatic carbocycles. The summed E-state index contributed by atoms with van der Waals surface area (Å²) in [6.07, 6.45) is 4.78. The number of hydrogen-bond donors (Lipinski definition) is 2. The van der Waals surface area contributed by atoms with Crippen LogP contribution in [-0.2, 0) is 0 Å². The molecule has 19 heavy (non-hydrogen) atoms. The molecule has 1 amide bonds. The molecular weight excluding hydrogens is 308 g/mol. The fourth-order valence-electron chi connectivity index (χ4n) is 2.13. The number of pyridine rings is 1. The molecule has 0 saturated carbocycles. The predicted octanol–water partition coefficient (Wildman–Crippen LogP) is 2.91. The maximum absolute atomic E-state index is 12.0. The summed E-state index contributed by atoms with van der Waals surface area (Å²) < 4.78 is 0.516. The molecule has 0 saturated heterocycles. The number of aromatic nitrogens is 1. The first kappa shape index (κ1) is 16.1. The Morgan fingerprint density at radius 3 is 2.58 bits per heavy atom. The molecule has 0 unspecified atom stereocenters. The number of halogens is 1. The quantitative estimate of drug-likeness (QED) is 0.756. The topological polar surface area (TPSA) is 62.2 Å². The first-order valence-electron chi connectivity index (χ1n) is 6.63. The van der Waals surface area contributed by atoms with Crippen molar-refractivity contribution in [3.05, 3.63) is 28.5 Å². The fourth-order valence-corrected chi connectivity index (χ4v) is 2.56. The smallest absolute Gasteiger partial charge is 0.254 e. The molecule has 0 aliphatic carbocycles. The second kappa shape index (κ2) is 7.60. The van der Waals surface area contributed by atoms with E-state index >= 15 is 0 Å². The van der Waals surface area contributed by atoms with Gasteiger partial charge in [-0.3, -0.25) is 4.79 Å². The van der Waals surface area contributed by atoms with Gasteiger partial charge in [0.25, 0.3) is 5.91 Å². The summed E-state index contributed by atoms with van der Waals surface area (Å²) in [5, 5.41) is 13.2. The standard InChI is InChI=1S/C14H21BrN2O2/c1-3-7-14(19,8-4-2)10-17-13(18)11-6-5-9-16-12(11)15/h5-6,9,19H,3-4,7-8,10H2,1-2H3,(H,17,18). The lowest BCUT2D eigenvalue weighted by atomic mass is 9.92. The molecule has 5 heteroatoms. The highest BCUT2D eigenvalue weighted by Crippen LogP contribution is 2.19. The SMILES string of the molecule is CCCC(O)(CCC)CNC(=O)c1cccnc1Br. The molecule has 1 rings (SSSR count). The van der Waals surface area contributed by atoms with Gasteiger partial charge < -0.3 is 10.4 Å². The van der Waals surface area contributed by atoms with Gasteiger partial charge in [0, 0.05) is 12.7 Å². The van der Waals surface area contributed by atoms with Crippen molar-refractivity contribution in [2.24, 2.45) is 0 Å². The molecule has 0 bridgehead atoms. The highest BCUT2D eigenvalue weighted by atomic mass is 79.9. The zero-order valence-corrected chi connectivity index (χ0v) is 13.0. The summed E-state index contributed by atoms with van der Waals surface area (Å²) in [4.78, 5) is 16.0. The van der Waals surface area contributed by atoms with Gasteiger partial charge in [0.05, 0.1) is 11.2 Å². The van der Waals surface area contributed by atoms with Gasteiger partial charge in [-0.05, 0) is 40.9 Å². The number of rotatable bonds is 7. The van der Waals surface area contributed by atoms with Gasteiger partial charge in [0.1, 0.15) is 4.60 Å². The van der Waals surface area contributed by atoms with Gasteiger partial charge in [0.15, 0.2) is 0 Å². The van der Waals surface area contributed by atoms with Gasteiger partial charge in [-0.1, -0.05) is 26.7 Å². The number of hydrogen-bond acceptors (Lipinski definition) is 3. The average molecular weight is 329 g/mol. The zero-order valence-electron chi connectivity index (χ0n) is 11.4. The molecule has 1 aromatic rings. The third-order valence-electron chi connectivity index (χ3n) is 3.01. The van der Waals surface area contributed by atoms with E-state index < -0.39 is 5.60 Å². The van der Waals surface area contributed by atoms with Crippen LogP contribution in [-0.4, -0.2) is 28.1 Å². The van der Waals surface area contributed by atoms with Gasteiger partial charge in [-0.15, -0.1) is 0 Å². The Labute approximate surface area is 122 Å². The van der Waals surface area contributed by atoms with Crippen LogP contribution in [0.2, 0.25) is 0 Å². The Kier molecular flexibility index (Phi) is 6.45. The Balaban J connectivity index is 2.64. The minimum atomic E-state index is -0.812. The Bertz CT molecular complexity index is 418. The number of amides is 1. The van der Waals surface area contributed by atoms with Crippen LogP contribution in [0.25, 0.3) is 0 Å². The van der Waals surface area contributed by atoms with E-state index in [0.717, 1.165) is 12.8 Å². The molecule has 4 nitrogen and oxygen atoms in total. The summed E-state index contributed by atoms with van der Waals surface area (Å²) in [7, 11) is 0. The normalized spacial score (nSPS) is 11.4. The first-order valence-corrected chi connectivity index (χ1v) is 7.43. The van der Waals surface area contributed by atoms with E-state index in [9.17, 15) is 9.90 Å². The highest BCUT2D eigenvalue weighted by molar-refractivity contribution is 9.10. The van der Waals surface area contributed by atoms with Crippen molar-refractivity contribution >= 4 is 21.8 Å². The van der Waals surface area contributed by atoms with Gasteiger partial charge in [-0.2, -0.15) is 0 Å². The summed E-state index contributed by atoms with van der Waals surface area (Å²) in [6.45, 7) is 4.33. The molecule has 0 atom stereocenters. The third-order valence-corrected chi connectivity index (χ3v) is 3.64. The molecule has 1 aromatic heterocycles. The van der Waals surface area contributed by atoms with Gasteiger partial charge in [0.2, 0.25) is 0 Å². The van der Waals surface area contributed by atoms with E-state index in [1.54, 1.807) is 18.3 Å². The molecule has 1 heterocycles. The van der Waals surface area contributed by atoms with Crippen LogP contribution in [0.4, 0.5) is 0 Å². The number of nitrogens with one attached hydrogen (secondary N) is 1. The Morgan fingerprint density at radius 1 is 1.42 bits per heavy atom. The minimum absolute atomic E-state index is 0.217. The second-order valence-corrected chi connectivity index (χ2v) is 5.50. The molecule has 0 aliphatic heterocycles. The predicted molar refractivity (Wildman–Crippen MR) is 79.0 cm³/mol. The molecule has 0 fully saturated rings. The maximum Gasteiger partial charge on any atom is 0.254 e. The lowest BCUT2D eigenvalue weighted by Gasteiger charge is -2.27. The van der Waals surface area contributed by atoms with E-state index in [0.29, 0.717) is 23.0 Å². The van der Waals surface area contributed by atoms with Crippen LogP contribution in [0.1, 0.15) is 49.9 Å². The Hall–Kier alpha value is -0.940. The first-order chi connectivity index (χ1) is 9.02. The van der Waals surface area contributed by atoms with E-state index in [1.807, 2.05) is 13.8 Å². The lowest BCUT2D eigenvalue weighted by molar-refractivity contribution is 0.0213. The van der Waals surface area contributed by atoms with Gasteiger partial charge >= 0.3 is 0 Å². The molecule has 2 N–H and O–H groups in total. The fraction of sp³-hybridized carbons (Fsp3) is 0.571. The zero-order chi connectivity index (χ0) is 14.3. The summed E-state index contributed by atoms with van der Waals surface area (Å²) in [6, 6.07) is 3.41. The van der Waals surface area contributed by atoms with Crippen molar-refractivity contribution in [3.8, 4) is 0 Å². The molecule has 106 valence electrons. The maximum atomic E-state index is 12.0. The van der Waals surface area contributed by atoms with Crippen molar-refractivity contribution in [1.29, 1.82) is 0 Å². The van der Waals surface area contributed by atoms with Gasteiger partial charge in [-0.25, -0.2) is 4.98 Å². The number of carbonyl (C=O) groups is 1. The van der Waals surface area contributed by atoms with Crippen LogP contribution in [0.5, 0.6) is 0 Å². The summed E-state index contributed by atoms with van der Waals surface area (Å²) in [5.41, 5.74) is -0.328. The van der Waals surface area contributed by atoms with Crippen molar-refractivity contribution in [1.82, 2.24) is 10.3 Å². The van der Waals surface area contributed by atoms with Crippen molar-refractivity contribution < 1.29 is 9.90 Å². The van der Waals surface area contributed by atoms with Crippen LogP contribution in [0, 0.1) is 0 Å². The third kappa shape index (κ3) is 4.91. The lowest BCUT2D eigenvalue weighted by Crippen LogP contribution is -2.43. The van der Waals surface area contributed by atoms with Crippen LogP contribution in [0.3, 0.4) is 0 Å². The van der Waals surface area contributed by atoms with Crippen LogP contribution < -0.4 is 5.32 Å². The van der Waals surface area contributed by atoms with E-state index in [2.05, 4.69) is 26.2 Å². The minimum Gasteiger partial charge on any atom is -0.388 e. The van der Waals surface area contributed by atoms with Crippen LogP contribution >= 0.6 is 15.9 Å². The average Bonchev–Trinajstić information content (AvgIpc) is 2.37. The number of aliphatic hydroxyl groups is 1. The van der Waals surface area contributed by atoms with E-state index in [4.69, 9.17) is 0 Å². The molecule has 0 spiro atoms. The summed E-state index contributed by atoms with van der Waals surface area (Å²) in [5.74, 6) is -0.217. The number of nitrogens with zero attached hydrogens (tertiary/aromatic N) is 1. The second-order valence-electron chi connectivity index (χ2n) is 4.75. The largest absolute Gasteiger partial charge is 0.388 e.